The predicted molar refractivity (Wildman–Crippen MR) is 58.2 cm³/mol. The van der Waals surface area contributed by atoms with Crippen LogP contribution in [0.3, 0.4) is 0 Å². The van der Waals surface area contributed by atoms with Gasteiger partial charge in [-0.2, -0.15) is 0 Å². The van der Waals surface area contributed by atoms with Crippen LogP contribution in [-0.4, -0.2) is 35.1 Å². The molecular weight excluding hydrogens is 174 g/mol. The van der Waals surface area contributed by atoms with Crippen molar-refractivity contribution < 1.29 is 0 Å². The molecule has 0 aromatic carbocycles. The van der Waals surface area contributed by atoms with E-state index in [9.17, 15) is 0 Å². The van der Waals surface area contributed by atoms with Crippen molar-refractivity contribution in [1.29, 1.82) is 0 Å². The van der Waals surface area contributed by atoms with E-state index in [1.165, 1.54) is 5.69 Å². The highest BCUT2D eigenvalue weighted by Gasteiger charge is 2.15. The van der Waals surface area contributed by atoms with E-state index in [1.807, 2.05) is 0 Å². The lowest BCUT2D eigenvalue weighted by atomic mass is 10.2. The summed E-state index contributed by atoms with van der Waals surface area (Å²) in [6.07, 6.45) is 2.11. The maximum Gasteiger partial charge on any atom is 0.0388 e. The molecule has 0 aliphatic carbocycles. The van der Waals surface area contributed by atoms with Crippen LogP contribution in [0.4, 0.5) is 0 Å². The molecule has 1 N–H and O–H groups in total. The van der Waals surface area contributed by atoms with Crippen LogP contribution in [0.15, 0.2) is 18.3 Å². The van der Waals surface area contributed by atoms with Gasteiger partial charge in [0.15, 0.2) is 0 Å². The lowest BCUT2D eigenvalue weighted by Crippen LogP contribution is -2.48. The zero-order valence-electron chi connectivity index (χ0n) is 9.03. The smallest absolute Gasteiger partial charge is 0.0388 e. The first kappa shape index (κ1) is 9.74. The second-order valence-electron chi connectivity index (χ2n) is 4.20. The summed E-state index contributed by atoms with van der Waals surface area (Å²) >= 11 is 0. The normalized spacial score (nSPS) is 24.0. The van der Waals surface area contributed by atoms with Gasteiger partial charge in [-0.15, -0.1) is 0 Å². The molecule has 2 heterocycles. The van der Waals surface area contributed by atoms with E-state index >= 15 is 0 Å². The van der Waals surface area contributed by atoms with E-state index in [0.29, 0.717) is 6.04 Å². The first-order valence-electron chi connectivity index (χ1n) is 5.31. The number of hydrogen-bond acceptors (Lipinski definition) is 2. The number of piperazine rings is 1. The Kier molecular flexibility index (Phi) is 2.89. The number of rotatable bonds is 2. The van der Waals surface area contributed by atoms with E-state index in [2.05, 4.69) is 47.1 Å². The summed E-state index contributed by atoms with van der Waals surface area (Å²) in [4.78, 5) is 2.51. The molecule has 0 unspecified atom stereocenters. The molecule has 78 valence electrons. The lowest BCUT2D eigenvalue weighted by Gasteiger charge is -2.31. The molecule has 0 bridgehead atoms. The summed E-state index contributed by atoms with van der Waals surface area (Å²) in [6, 6.07) is 4.94. The van der Waals surface area contributed by atoms with Crippen LogP contribution in [0.5, 0.6) is 0 Å². The van der Waals surface area contributed by atoms with Gasteiger partial charge in [-0.05, 0) is 19.1 Å². The Bertz CT molecular complexity index is 292. The summed E-state index contributed by atoms with van der Waals surface area (Å²) < 4.78 is 2.20. The topological polar surface area (TPSA) is 20.2 Å². The maximum absolute atomic E-state index is 3.46. The van der Waals surface area contributed by atoms with Gasteiger partial charge in [0.1, 0.15) is 0 Å². The molecule has 1 aromatic rings. The van der Waals surface area contributed by atoms with Crippen LogP contribution in [0.25, 0.3) is 0 Å². The Morgan fingerprint density at radius 1 is 1.57 bits per heavy atom. The van der Waals surface area contributed by atoms with Gasteiger partial charge < -0.3 is 9.88 Å². The number of aromatic nitrogens is 1. The summed E-state index contributed by atoms with van der Waals surface area (Å²) in [5.74, 6) is 0. The van der Waals surface area contributed by atoms with Gasteiger partial charge in [-0.3, -0.25) is 4.90 Å². The van der Waals surface area contributed by atoms with Gasteiger partial charge in [0.05, 0.1) is 0 Å². The number of hydrogen-bond donors (Lipinski definition) is 1. The Morgan fingerprint density at radius 3 is 3.07 bits per heavy atom. The van der Waals surface area contributed by atoms with E-state index in [0.717, 1.165) is 26.2 Å². The third kappa shape index (κ3) is 2.16. The van der Waals surface area contributed by atoms with Crippen molar-refractivity contribution in [3.05, 3.63) is 24.0 Å². The first-order valence-corrected chi connectivity index (χ1v) is 5.31. The Labute approximate surface area is 85.7 Å². The summed E-state index contributed by atoms with van der Waals surface area (Å²) in [5, 5.41) is 3.46. The molecule has 1 fully saturated rings. The molecule has 1 saturated heterocycles. The second-order valence-corrected chi connectivity index (χ2v) is 4.20. The van der Waals surface area contributed by atoms with E-state index < -0.39 is 0 Å². The van der Waals surface area contributed by atoms with Gasteiger partial charge in [0.25, 0.3) is 0 Å². The lowest BCUT2D eigenvalue weighted by molar-refractivity contribution is 0.196. The molecule has 3 heteroatoms. The van der Waals surface area contributed by atoms with Gasteiger partial charge in [0.2, 0.25) is 0 Å². The molecule has 0 saturated carbocycles. The maximum atomic E-state index is 3.46. The van der Waals surface area contributed by atoms with Crippen LogP contribution in [0.1, 0.15) is 12.6 Å². The van der Waals surface area contributed by atoms with Crippen molar-refractivity contribution in [1.82, 2.24) is 14.8 Å². The van der Waals surface area contributed by atoms with Gasteiger partial charge in [0, 0.05) is 51.2 Å². The molecule has 3 nitrogen and oxygen atoms in total. The molecule has 1 aliphatic heterocycles. The summed E-state index contributed by atoms with van der Waals surface area (Å²) in [6.45, 7) is 6.76. The largest absolute Gasteiger partial charge is 0.353 e. The summed E-state index contributed by atoms with van der Waals surface area (Å²) in [5.41, 5.74) is 1.40. The minimum absolute atomic E-state index is 0.629. The fourth-order valence-electron chi connectivity index (χ4n) is 2.05. The van der Waals surface area contributed by atoms with Crippen molar-refractivity contribution in [2.24, 2.45) is 7.05 Å². The minimum atomic E-state index is 0.629. The highest BCUT2D eigenvalue weighted by atomic mass is 15.2. The van der Waals surface area contributed by atoms with Crippen LogP contribution in [0.2, 0.25) is 0 Å². The number of nitrogens with one attached hydrogen (secondary N) is 1. The number of nitrogens with zero attached hydrogens (tertiary/aromatic N) is 2. The molecule has 1 aliphatic rings. The molecule has 1 atom stereocenters. The zero-order chi connectivity index (χ0) is 9.97. The Balaban J connectivity index is 1.94. The average molecular weight is 193 g/mol. The monoisotopic (exact) mass is 193 g/mol. The van der Waals surface area contributed by atoms with Crippen molar-refractivity contribution in [3.8, 4) is 0 Å². The SMILES string of the molecule is C[C@@H]1CN(Cc2cccn2C)CCN1. The van der Waals surface area contributed by atoms with Crippen molar-refractivity contribution >= 4 is 0 Å². The number of aryl methyl sites for hydroxylation is 1. The van der Waals surface area contributed by atoms with E-state index in [1.54, 1.807) is 0 Å². The predicted octanol–water partition coefficient (Wildman–Crippen LogP) is 0.819. The average Bonchev–Trinajstić information content (AvgIpc) is 2.52. The van der Waals surface area contributed by atoms with Crippen molar-refractivity contribution in [2.75, 3.05) is 19.6 Å². The van der Waals surface area contributed by atoms with Crippen LogP contribution in [-0.2, 0) is 13.6 Å². The molecule has 1 aromatic heterocycles. The molecule has 0 amide bonds. The van der Waals surface area contributed by atoms with Crippen molar-refractivity contribution in [2.45, 2.75) is 19.5 Å². The molecule has 0 spiro atoms. The zero-order valence-corrected chi connectivity index (χ0v) is 9.03. The Hall–Kier alpha value is -0.800. The highest BCUT2D eigenvalue weighted by Crippen LogP contribution is 2.07. The van der Waals surface area contributed by atoms with Gasteiger partial charge in [-0.1, -0.05) is 0 Å². The summed E-state index contributed by atoms with van der Waals surface area (Å²) in [7, 11) is 2.11. The molecule has 0 radical (unpaired) electrons. The molecular formula is C11H19N3. The van der Waals surface area contributed by atoms with Crippen LogP contribution in [0, 0.1) is 0 Å². The third-order valence-electron chi connectivity index (χ3n) is 2.89. The first-order chi connectivity index (χ1) is 6.75. The minimum Gasteiger partial charge on any atom is -0.353 e. The van der Waals surface area contributed by atoms with E-state index in [-0.39, 0.29) is 0 Å². The van der Waals surface area contributed by atoms with Crippen LogP contribution < -0.4 is 5.32 Å². The van der Waals surface area contributed by atoms with Crippen molar-refractivity contribution in [3.63, 3.8) is 0 Å². The second kappa shape index (κ2) is 4.15. The van der Waals surface area contributed by atoms with E-state index in [4.69, 9.17) is 0 Å². The highest BCUT2D eigenvalue weighted by molar-refractivity contribution is 5.06. The Morgan fingerprint density at radius 2 is 2.43 bits per heavy atom. The fourth-order valence-corrected chi connectivity index (χ4v) is 2.05. The van der Waals surface area contributed by atoms with Crippen LogP contribution >= 0.6 is 0 Å². The van der Waals surface area contributed by atoms with Gasteiger partial charge >= 0.3 is 0 Å². The molecule has 2 rings (SSSR count). The molecule has 14 heavy (non-hydrogen) atoms. The fraction of sp³-hybridized carbons (Fsp3) is 0.636. The third-order valence-corrected chi connectivity index (χ3v) is 2.89. The quantitative estimate of drug-likeness (QED) is 0.750. The van der Waals surface area contributed by atoms with Gasteiger partial charge in [-0.25, -0.2) is 0 Å². The standard InChI is InChI=1S/C11H19N3/c1-10-8-14(7-5-12-10)9-11-4-3-6-13(11)2/h3-4,6,10,12H,5,7-9H2,1-2H3/t10-/m1/s1.